The Balaban J connectivity index is 1.72. The molecule has 0 amide bonds. The number of hydrogen-bond acceptors (Lipinski definition) is 3. The SMILES string of the molecule is CC(C)N1CCC(CNCc2ccncc2Cl)C1. The molecule has 100 valence electrons. The number of rotatable bonds is 5. The van der Waals surface area contributed by atoms with Crippen LogP contribution in [0.25, 0.3) is 0 Å². The average Bonchev–Trinajstić information content (AvgIpc) is 2.80. The van der Waals surface area contributed by atoms with Crippen LogP contribution in [0.4, 0.5) is 0 Å². The van der Waals surface area contributed by atoms with Crippen molar-refractivity contribution in [1.29, 1.82) is 0 Å². The normalized spacial score (nSPS) is 20.8. The summed E-state index contributed by atoms with van der Waals surface area (Å²) in [5.74, 6) is 0.771. The van der Waals surface area contributed by atoms with Crippen molar-refractivity contribution in [2.75, 3.05) is 19.6 Å². The van der Waals surface area contributed by atoms with Gasteiger partial charge in [0.1, 0.15) is 0 Å². The number of pyridine rings is 1. The molecule has 18 heavy (non-hydrogen) atoms. The van der Waals surface area contributed by atoms with Gasteiger partial charge in [0.25, 0.3) is 0 Å². The van der Waals surface area contributed by atoms with Crippen molar-refractivity contribution in [2.24, 2.45) is 5.92 Å². The molecule has 1 aromatic rings. The first-order chi connectivity index (χ1) is 8.66. The summed E-state index contributed by atoms with van der Waals surface area (Å²) < 4.78 is 0. The first kappa shape index (κ1) is 13.8. The fourth-order valence-electron chi connectivity index (χ4n) is 2.46. The molecular formula is C14H22ClN3. The number of nitrogens with zero attached hydrogens (tertiary/aromatic N) is 2. The van der Waals surface area contributed by atoms with E-state index in [1.165, 1.54) is 19.5 Å². The zero-order valence-electron chi connectivity index (χ0n) is 11.2. The summed E-state index contributed by atoms with van der Waals surface area (Å²) in [5.41, 5.74) is 1.13. The maximum absolute atomic E-state index is 6.07. The molecular weight excluding hydrogens is 246 g/mol. The fourth-order valence-corrected chi connectivity index (χ4v) is 2.64. The molecule has 0 spiro atoms. The van der Waals surface area contributed by atoms with Gasteiger partial charge in [0.05, 0.1) is 5.02 Å². The Hall–Kier alpha value is -0.640. The lowest BCUT2D eigenvalue weighted by Crippen LogP contribution is -2.30. The van der Waals surface area contributed by atoms with Crippen LogP contribution in [0.15, 0.2) is 18.5 Å². The molecule has 2 heterocycles. The Morgan fingerprint density at radius 3 is 3.06 bits per heavy atom. The van der Waals surface area contributed by atoms with Crippen LogP contribution >= 0.6 is 11.6 Å². The molecule has 1 unspecified atom stereocenters. The zero-order chi connectivity index (χ0) is 13.0. The van der Waals surface area contributed by atoms with Crippen molar-refractivity contribution in [2.45, 2.75) is 32.9 Å². The molecule has 0 radical (unpaired) electrons. The van der Waals surface area contributed by atoms with Gasteiger partial charge in [-0.3, -0.25) is 4.98 Å². The van der Waals surface area contributed by atoms with Crippen LogP contribution in [0.2, 0.25) is 5.02 Å². The van der Waals surface area contributed by atoms with E-state index in [0.717, 1.165) is 29.6 Å². The van der Waals surface area contributed by atoms with Gasteiger partial charge in [-0.1, -0.05) is 11.6 Å². The van der Waals surface area contributed by atoms with Crippen LogP contribution in [0.3, 0.4) is 0 Å². The van der Waals surface area contributed by atoms with Crippen molar-refractivity contribution in [3.63, 3.8) is 0 Å². The van der Waals surface area contributed by atoms with Crippen molar-refractivity contribution in [1.82, 2.24) is 15.2 Å². The molecule has 0 saturated carbocycles. The monoisotopic (exact) mass is 267 g/mol. The van der Waals surface area contributed by atoms with E-state index in [2.05, 4.69) is 29.0 Å². The maximum Gasteiger partial charge on any atom is 0.0634 e. The summed E-state index contributed by atoms with van der Waals surface area (Å²) in [6.07, 6.45) is 4.79. The predicted octanol–water partition coefficient (Wildman–Crippen LogP) is 2.55. The first-order valence-electron chi connectivity index (χ1n) is 6.70. The number of nitrogens with one attached hydrogen (secondary N) is 1. The third kappa shape index (κ3) is 3.67. The molecule has 1 aromatic heterocycles. The summed E-state index contributed by atoms with van der Waals surface area (Å²) >= 11 is 6.07. The highest BCUT2D eigenvalue weighted by Gasteiger charge is 2.23. The lowest BCUT2D eigenvalue weighted by atomic mass is 10.1. The highest BCUT2D eigenvalue weighted by Crippen LogP contribution is 2.18. The third-order valence-corrected chi connectivity index (χ3v) is 3.99. The van der Waals surface area contributed by atoms with Gasteiger partial charge in [0.2, 0.25) is 0 Å². The minimum Gasteiger partial charge on any atom is -0.312 e. The Bertz CT molecular complexity index is 381. The molecule has 1 aliphatic rings. The maximum atomic E-state index is 6.07. The zero-order valence-corrected chi connectivity index (χ0v) is 12.0. The fraction of sp³-hybridized carbons (Fsp3) is 0.643. The first-order valence-corrected chi connectivity index (χ1v) is 7.07. The topological polar surface area (TPSA) is 28.2 Å². The average molecular weight is 268 g/mol. The number of aromatic nitrogens is 1. The highest BCUT2D eigenvalue weighted by atomic mass is 35.5. The Kier molecular flexibility index (Phi) is 4.98. The van der Waals surface area contributed by atoms with Crippen molar-refractivity contribution in [3.05, 3.63) is 29.0 Å². The standard InChI is InChI=1S/C14H22ClN3/c1-11(2)18-6-4-12(10-18)7-17-8-13-3-5-16-9-14(13)15/h3,5,9,11-12,17H,4,6-8,10H2,1-2H3. The Morgan fingerprint density at radius 1 is 1.56 bits per heavy atom. The molecule has 2 rings (SSSR count). The molecule has 0 aromatic carbocycles. The molecule has 1 saturated heterocycles. The minimum absolute atomic E-state index is 0.671. The van der Waals surface area contributed by atoms with Gasteiger partial charge in [-0.15, -0.1) is 0 Å². The van der Waals surface area contributed by atoms with Crippen molar-refractivity contribution >= 4 is 11.6 Å². The Morgan fingerprint density at radius 2 is 2.39 bits per heavy atom. The Labute approximate surface area is 115 Å². The van der Waals surface area contributed by atoms with Gasteiger partial charge in [-0.2, -0.15) is 0 Å². The van der Waals surface area contributed by atoms with Gasteiger partial charge in [0.15, 0.2) is 0 Å². The number of hydrogen-bond donors (Lipinski definition) is 1. The van der Waals surface area contributed by atoms with E-state index in [-0.39, 0.29) is 0 Å². The van der Waals surface area contributed by atoms with Crippen LogP contribution in [-0.2, 0) is 6.54 Å². The van der Waals surface area contributed by atoms with Gasteiger partial charge < -0.3 is 10.2 Å². The summed E-state index contributed by atoms with van der Waals surface area (Å²) in [6.45, 7) is 8.90. The molecule has 0 aliphatic carbocycles. The van der Waals surface area contributed by atoms with Gasteiger partial charge >= 0.3 is 0 Å². The summed E-state index contributed by atoms with van der Waals surface area (Å²) in [6, 6.07) is 2.65. The predicted molar refractivity (Wildman–Crippen MR) is 75.8 cm³/mol. The molecule has 3 nitrogen and oxygen atoms in total. The molecule has 1 N–H and O–H groups in total. The molecule has 4 heteroatoms. The van der Waals surface area contributed by atoms with Crippen molar-refractivity contribution < 1.29 is 0 Å². The van der Waals surface area contributed by atoms with Gasteiger partial charge in [-0.25, -0.2) is 0 Å². The van der Waals surface area contributed by atoms with E-state index in [1.807, 2.05) is 6.07 Å². The van der Waals surface area contributed by atoms with Crippen LogP contribution in [0.1, 0.15) is 25.8 Å². The van der Waals surface area contributed by atoms with E-state index in [0.29, 0.717) is 6.04 Å². The van der Waals surface area contributed by atoms with Crippen LogP contribution < -0.4 is 5.32 Å². The van der Waals surface area contributed by atoms with Crippen LogP contribution in [0, 0.1) is 5.92 Å². The molecule has 1 atom stereocenters. The van der Waals surface area contributed by atoms with E-state index < -0.39 is 0 Å². The molecule has 1 aliphatic heterocycles. The summed E-state index contributed by atoms with van der Waals surface area (Å²) in [7, 11) is 0. The summed E-state index contributed by atoms with van der Waals surface area (Å²) in [5, 5.41) is 4.26. The smallest absolute Gasteiger partial charge is 0.0634 e. The van der Waals surface area contributed by atoms with Crippen LogP contribution in [-0.4, -0.2) is 35.6 Å². The van der Waals surface area contributed by atoms with Gasteiger partial charge in [0, 0.05) is 31.5 Å². The lowest BCUT2D eigenvalue weighted by molar-refractivity contribution is 0.264. The van der Waals surface area contributed by atoms with Crippen LogP contribution in [0.5, 0.6) is 0 Å². The highest BCUT2D eigenvalue weighted by molar-refractivity contribution is 6.31. The van der Waals surface area contributed by atoms with E-state index >= 15 is 0 Å². The lowest BCUT2D eigenvalue weighted by Gasteiger charge is -2.20. The molecule has 1 fully saturated rings. The second-order valence-corrected chi connectivity index (χ2v) is 5.75. The number of halogens is 1. The van der Waals surface area contributed by atoms with E-state index in [9.17, 15) is 0 Å². The van der Waals surface area contributed by atoms with E-state index in [1.54, 1.807) is 12.4 Å². The second-order valence-electron chi connectivity index (χ2n) is 5.34. The largest absolute Gasteiger partial charge is 0.312 e. The van der Waals surface area contributed by atoms with Gasteiger partial charge in [-0.05, 0) is 50.9 Å². The minimum atomic E-state index is 0.671. The molecule has 0 bridgehead atoms. The quantitative estimate of drug-likeness (QED) is 0.889. The third-order valence-electron chi connectivity index (χ3n) is 3.65. The van der Waals surface area contributed by atoms with E-state index in [4.69, 9.17) is 11.6 Å². The number of likely N-dealkylation sites (tertiary alicyclic amines) is 1. The second kappa shape index (κ2) is 6.50. The van der Waals surface area contributed by atoms with Crippen molar-refractivity contribution in [3.8, 4) is 0 Å². The summed E-state index contributed by atoms with van der Waals surface area (Å²) in [4.78, 5) is 6.54.